The van der Waals surface area contributed by atoms with E-state index in [4.69, 9.17) is 0 Å². The van der Waals surface area contributed by atoms with Crippen molar-refractivity contribution in [2.45, 2.75) is 45.2 Å². The Hall–Kier alpha value is -0.620. The highest BCUT2D eigenvalue weighted by Crippen LogP contribution is 2.15. The number of nitrogens with zero attached hydrogens (tertiary/aromatic N) is 2. The Labute approximate surface area is 62.1 Å². The molecule has 0 fully saturated rings. The van der Waals surface area contributed by atoms with Gasteiger partial charge in [-0.2, -0.15) is 0 Å². The lowest BCUT2D eigenvalue weighted by Gasteiger charge is -2.11. The molecule has 0 bridgehead atoms. The fourth-order valence-corrected chi connectivity index (χ4v) is 1.27. The Kier molecular flexibility index (Phi) is 2.64. The second-order valence-electron chi connectivity index (χ2n) is 2.69. The van der Waals surface area contributed by atoms with Crippen molar-refractivity contribution in [3.05, 3.63) is 0 Å². The average Bonchev–Trinajstić information content (AvgIpc) is 2.36. The van der Waals surface area contributed by atoms with E-state index in [1.807, 2.05) is 0 Å². The van der Waals surface area contributed by atoms with Crippen molar-refractivity contribution < 1.29 is 0 Å². The molecule has 56 valence electrons. The molecule has 10 heavy (non-hydrogen) atoms. The molecule has 1 aliphatic rings. The zero-order valence-electron chi connectivity index (χ0n) is 6.67. The number of hydrogen-bond donors (Lipinski definition) is 0. The van der Waals surface area contributed by atoms with Crippen molar-refractivity contribution in [2.75, 3.05) is 0 Å². The molecule has 2 atom stereocenters. The first-order chi connectivity index (χ1) is 4.88. The van der Waals surface area contributed by atoms with Gasteiger partial charge in [-0.15, -0.1) is 0 Å². The summed E-state index contributed by atoms with van der Waals surface area (Å²) in [7, 11) is 0. The first-order valence-electron chi connectivity index (χ1n) is 4.03. The standard InChI is InChI=1S/C8H14N2/c1-3-5-8-7(4-2)9-6-10-8/h7-8H,3-5H2,1-2H3. The van der Waals surface area contributed by atoms with Crippen molar-refractivity contribution in [1.82, 2.24) is 0 Å². The molecule has 0 saturated heterocycles. The minimum Gasteiger partial charge on any atom is -0.220 e. The maximum atomic E-state index is 4.16. The highest BCUT2D eigenvalue weighted by molar-refractivity contribution is 5.45. The maximum Gasteiger partial charge on any atom is 0.0899 e. The molecule has 1 heterocycles. The lowest BCUT2D eigenvalue weighted by atomic mass is 10.0. The summed E-state index contributed by atoms with van der Waals surface area (Å²) in [6.07, 6.45) is 3.46. The van der Waals surface area contributed by atoms with E-state index in [1.54, 1.807) is 0 Å². The zero-order valence-corrected chi connectivity index (χ0v) is 6.67. The lowest BCUT2D eigenvalue weighted by Crippen LogP contribution is -2.17. The third-order valence-electron chi connectivity index (χ3n) is 1.89. The minimum atomic E-state index is 0.431. The summed E-state index contributed by atoms with van der Waals surface area (Å²) in [5.74, 6) is 0. The number of rotatable bonds is 3. The normalized spacial score (nSPS) is 29.8. The molecule has 1 rings (SSSR count). The SMILES string of the molecule is CCCC1N=C=NC1CC. The van der Waals surface area contributed by atoms with E-state index in [1.165, 1.54) is 6.42 Å². The van der Waals surface area contributed by atoms with Gasteiger partial charge >= 0.3 is 0 Å². The Bertz CT molecular complexity index is 157. The largest absolute Gasteiger partial charge is 0.220 e. The Morgan fingerprint density at radius 1 is 1.20 bits per heavy atom. The van der Waals surface area contributed by atoms with E-state index < -0.39 is 0 Å². The summed E-state index contributed by atoms with van der Waals surface area (Å²) in [6, 6.07) is 3.58. The Morgan fingerprint density at radius 2 is 1.90 bits per heavy atom. The van der Waals surface area contributed by atoms with Gasteiger partial charge in [-0.05, 0) is 12.8 Å². The topological polar surface area (TPSA) is 24.7 Å². The van der Waals surface area contributed by atoms with Gasteiger partial charge < -0.3 is 0 Å². The van der Waals surface area contributed by atoms with Crippen molar-refractivity contribution in [1.29, 1.82) is 0 Å². The summed E-state index contributed by atoms with van der Waals surface area (Å²) in [4.78, 5) is 8.30. The van der Waals surface area contributed by atoms with Crippen molar-refractivity contribution in [3.8, 4) is 0 Å². The fraction of sp³-hybridized carbons (Fsp3) is 0.875. The Morgan fingerprint density at radius 3 is 2.50 bits per heavy atom. The summed E-state index contributed by atoms with van der Waals surface area (Å²) < 4.78 is 0. The van der Waals surface area contributed by atoms with E-state index in [0.29, 0.717) is 12.1 Å². The number of aliphatic imine (C=N–C) groups is 2. The van der Waals surface area contributed by atoms with E-state index in [9.17, 15) is 0 Å². The van der Waals surface area contributed by atoms with Gasteiger partial charge in [0.1, 0.15) is 0 Å². The summed E-state index contributed by atoms with van der Waals surface area (Å²) >= 11 is 0. The molecule has 0 aromatic heterocycles. The van der Waals surface area contributed by atoms with Crippen LogP contribution in [0.25, 0.3) is 0 Å². The molecular formula is C8H14N2. The summed E-state index contributed by atoms with van der Waals surface area (Å²) in [5.41, 5.74) is 0. The molecule has 0 N–H and O–H groups in total. The zero-order chi connectivity index (χ0) is 7.40. The third kappa shape index (κ3) is 1.45. The van der Waals surface area contributed by atoms with Crippen LogP contribution in [0.2, 0.25) is 0 Å². The smallest absolute Gasteiger partial charge is 0.0899 e. The first-order valence-corrected chi connectivity index (χ1v) is 4.03. The van der Waals surface area contributed by atoms with Gasteiger partial charge in [-0.25, -0.2) is 9.98 Å². The predicted octanol–water partition coefficient (Wildman–Crippen LogP) is 2.12. The van der Waals surface area contributed by atoms with Gasteiger partial charge in [0.05, 0.1) is 18.1 Å². The first kappa shape index (κ1) is 7.49. The highest BCUT2D eigenvalue weighted by atomic mass is 15.0. The van der Waals surface area contributed by atoms with Gasteiger partial charge in [-0.1, -0.05) is 20.3 Å². The van der Waals surface area contributed by atoms with Crippen LogP contribution < -0.4 is 0 Å². The van der Waals surface area contributed by atoms with E-state index in [-0.39, 0.29) is 0 Å². The molecule has 2 unspecified atom stereocenters. The van der Waals surface area contributed by atoms with E-state index in [2.05, 4.69) is 29.8 Å². The third-order valence-corrected chi connectivity index (χ3v) is 1.89. The molecule has 0 spiro atoms. The highest BCUT2D eigenvalue weighted by Gasteiger charge is 2.19. The van der Waals surface area contributed by atoms with Crippen LogP contribution in [0.15, 0.2) is 9.98 Å². The molecule has 0 aliphatic carbocycles. The summed E-state index contributed by atoms with van der Waals surface area (Å²) in [6.45, 7) is 4.33. The second-order valence-corrected chi connectivity index (χ2v) is 2.69. The van der Waals surface area contributed by atoms with Crippen LogP contribution in [-0.2, 0) is 0 Å². The van der Waals surface area contributed by atoms with Crippen molar-refractivity contribution in [2.24, 2.45) is 9.98 Å². The van der Waals surface area contributed by atoms with Gasteiger partial charge in [0.15, 0.2) is 0 Å². The molecule has 2 heteroatoms. The minimum absolute atomic E-state index is 0.431. The van der Waals surface area contributed by atoms with E-state index >= 15 is 0 Å². The lowest BCUT2D eigenvalue weighted by molar-refractivity contribution is 0.504. The van der Waals surface area contributed by atoms with Crippen LogP contribution in [0.5, 0.6) is 0 Å². The molecule has 1 aliphatic heterocycles. The predicted molar refractivity (Wildman–Crippen MR) is 42.6 cm³/mol. The molecule has 0 amide bonds. The van der Waals surface area contributed by atoms with E-state index in [0.717, 1.165) is 12.8 Å². The van der Waals surface area contributed by atoms with Crippen LogP contribution in [0.4, 0.5) is 0 Å². The second kappa shape index (κ2) is 3.52. The van der Waals surface area contributed by atoms with Gasteiger partial charge in [-0.3, -0.25) is 0 Å². The van der Waals surface area contributed by atoms with Gasteiger partial charge in [0.25, 0.3) is 0 Å². The quantitative estimate of drug-likeness (QED) is 0.570. The van der Waals surface area contributed by atoms with Crippen molar-refractivity contribution in [3.63, 3.8) is 0 Å². The molecule has 2 nitrogen and oxygen atoms in total. The molecule has 0 saturated carbocycles. The van der Waals surface area contributed by atoms with Crippen LogP contribution in [-0.4, -0.2) is 18.1 Å². The summed E-state index contributed by atoms with van der Waals surface area (Å²) in [5, 5.41) is 0. The fourth-order valence-electron chi connectivity index (χ4n) is 1.27. The van der Waals surface area contributed by atoms with Crippen LogP contribution in [0.1, 0.15) is 33.1 Å². The monoisotopic (exact) mass is 138 g/mol. The average molecular weight is 138 g/mol. The van der Waals surface area contributed by atoms with Gasteiger partial charge in [0.2, 0.25) is 0 Å². The van der Waals surface area contributed by atoms with Crippen molar-refractivity contribution >= 4 is 6.01 Å². The molecule has 0 aromatic rings. The van der Waals surface area contributed by atoms with Gasteiger partial charge in [0, 0.05) is 0 Å². The molecular weight excluding hydrogens is 124 g/mol. The Balaban J connectivity index is 2.39. The van der Waals surface area contributed by atoms with Crippen LogP contribution >= 0.6 is 0 Å². The molecule has 0 radical (unpaired) electrons. The number of hydrogen-bond acceptors (Lipinski definition) is 2. The van der Waals surface area contributed by atoms with Crippen LogP contribution in [0, 0.1) is 0 Å². The maximum absolute atomic E-state index is 4.16. The van der Waals surface area contributed by atoms with Crippen LogP contribution in [0.3, 0.4) is 0 Å². The molecule has 0 aromatic carbocycles.